The minimum absolute atomic E-state index is 0.0772. The first-order valence-electron chi connectivity index (χ1n) is 10.8. The second kappa shape index (κ2) is 9.04. The minimum atomic E-state index is -0.0977. The third-order valence-corrected chi connectivity index (χ3v) is 6.05. The summed E-state index contributed by atoms with van der Waals surface area (Å²) in [5.41, 5.74) is 7.98. The Balaban J connectivity index is 1.48. The number of hydrogen-bond acceptors (Lipinski definition) is 9. The zero-order chi connectivity index (χ0) is 22.7. The number of nitrogens with one attached hydrogen (secondary N) is 2. The molecule has 2 aromatic rings. The molecule has 1 unspecified atom stereocenters. The van der Waals surface area contributed by atoms with Gasteiger partial charge < -0.3 is 20.8 Å². The van der Waals surface area contributed by atoms with Crippen LogP contribution in [-0.4, -0.2) is 77.9 Å². The van der Waals surface area contributed by atoms with Crippen LogP contribution in [0.25, 0.3) is 0 Å². The molecule has 1 saturated heterocycles. The molecule has 4 rings (SSSR count). The van der Waals surface area contributed by atoms with E-state index in [1.165, 1.54) is 12.5 Å². The average Bonchev–Trinajstić information content (AvgIpc) is 3.55. The summed E-state index contributed by atoms with van der Waals surface area (Å²) in [5.74, 6) is 1.51. The number of benzene rings is 1. The van der Waals surface area contributed by atoms with Gasteiger partial charge in [0.15, 0.2) is 0 Å². The highest BCUT2D eigenvalue weighted by Gasteiger charge is 2.40. The summed E-state index contributed by atoms with van der Waals surface area (Å²) in [4.78, 5) is 17.2. The maximum absolute atomic E-state index is 8.73. The van der Waals surface area contributed by atoms with Crippen molar-refractivity contribution in [2.45, 2.75) is 31.4 Å². The number of aliphatic imine (C=N–C) groups is 1. The largest absolute Gasteiger partial charge is 0.488 e. The number of anilines is 2. The van der Waals surface area contributed by atoms with E-state index in [1.54, 1.807) is 19.3 Å². The molecule has 0 spiro atoms. The lowest BCUT2D eigenvalue weighted by Crippen LogP contribution is -2.51. The van der Waals surface area contributed by atoms with Gasteiger partial charge in [0.2, 0.25) is 0 Å². The molecule has 1 aliphatic heterocycles. The number of piperazine rings is 1. The summed E-state index contributed by atoms with van der Waals surface area (Å²) in [5, 5.41) is 16.4. The van der Waals surface area contributed by atoms with E-state index in [0.717, 1.165) is 50.6 Å². The highest BCUT2D eigenvalue weighted by atomic mass is 16.5. The van der Waals surface area contributed by atoms with Gasteiger partial charge in [-0.2, -0.15) is 0 Å². The zero-order valence-corrected chi connectivity index (χ0v) is 18.6. The van der Waals surface area contributed by atoms with Crippen molar-refractivity contribution < 1.29 is 4.74 Å². The normalized spacial score (nSPS) is 19.0. The van der Waals surface area contributed by atoms with E-state index in [-0.39, 0.29) is 17.4 Å². The monoisotopic (exact) mass is 434 g/mol. The Morgan fingerprint density at radius 3 is 2.62 bits per heavy atom. The van der Waals surface area contributed by atoms with Crippen molar-refractivity contribution in [2.75, 3.05) is 43.9 Å². The van der Waals surface area contributed by atoms with Crippen molar-refractivity contribution in [3.05, 3.63) is 41.9 Å². The van der Waals surface area contributed by atoms with Crippen molar-refractivity contribution in [2.24, 2.45) is 4.99 Å². The number of hydrogen-bond donors (Lipinski definition) is 3. The Morgan fingerprint density at radius 1 is 1.22 bits per heavy atom. The smallest absolute Gasteiger partial charge is 0.132 e. The van der Waals surface area contributed by atoms with Crippen LogP contribution in [0.4, 0.5) is 11.5 Å². The predicted molar refractivity (Wildman–Crippen MR) is 128 cm³/mol. The first-order valence-corrected chi connectivity index (χ1v) is 10.8. The molecule has 1 atom stereocenters. The average molecular weight is 435 g/mol. The lowest BCUT2D eigenvalue weighted by molar-refractivity contribution is 0.200. The molecule has 1 saturated carbocycles. The van der Waals surface area contributed by atoms with Crippen LogP contribution in [0.5, 0.6) is 5.75 Å². The van der Waals surface area contributed by atoms with Crippen molar-refractivity contribution in [1.29, 1.82) is 10.8 Å². The van der Waals surface area contributed by atoms with E-state index in [1.807, 2.05) is 18.2 Å². The molecular weight excluding hydrogens is 404 g/mol. The quantitative estimate of drug-likeness (QED) is 0.432. The predicted octanol–water partition coefficient (Wildman–Crippen LogP) is 2.25. The number of ether oxygens (including phenoxy) is 1. The number of nitrogen functional groups attached to an aromatic ring is 1. The van der Waals surface area contributed by atoms with Crippen LogP contribution in [0.1, 0.15) is 31.0 Å². The summed E-state index contributed by atoms with van der Waals surface area (Å²) < 4.78 is 6.05. The topological polar surface area (TPSA) is 128 Å². The van der Waals surface area contributed by atoms with E-state index in [9.17, 15) is 0 Å². The van der Waals surface area contributed by atoms with Gasteiger partial charge in [0, 0.05) is 63.0 Å². The van der Waals surface area contributed by atoms with Gasteiger partial charge in [-0.3, -0.25) is 15.3 Å². The van der Waals surface area contributed by atoms with Crippen LogP contribution in [0.15, 0.2) is 35.6 Å². The number of aromatic nitrogens is 2. The van der Waals surface area contributed by atoms with Crippen molar-refractivity contribution >= 4 is 29.6 Å². The van der Waals surface area contributed by atoms with Gasteiger partial charge in [0.05, 0.1) is 17.4 Å². The zero-order valence-electron chi connectivity index (χ0n) is 18.6. The lowest BCUT2D eigenvalue weighted by atomic mass is 10.0. The standard InChI is InChI=1S/C23H30N8O/c1-23(5-6-23)32-17-3-4-19(25)18(11-17)22(26)20-12-21(29-15-28-20)31-9-7-30(8-10-31)16(13-24)14-27-2/h3-4,11-16,24,26H,5-10,25H2,1-2H3. The second-order valence-corrected chi connectivity index (χ2v) is 8.53. The number of nitrogens with two attached hydrogens (primary N) is 1. The SMILES string of the molecule is CN=CC(C=N)N1CCN(c2cc(C(=N)c3cc(OC4(C)CC4)ccc3N)ncn2)CC1. The molecule has 1 aliphatic carbocycles. The van der Waals surface area contributed by atoms with Gasteiger partial charge >= 0.3 is 0 Å². The fourth-order valence-corrected chi connectivity index (χ4v) is 3.82. The van der Waals surface area contributed by atoms with E-state index >= 15 is 0 Å². The molecule has 1 aromatic heterocycles. The van der Waals surface area contributed by atoms with Gasteiger partial charge in [0.25, 0.3) is 0 Å². The minimum Gasteiger partial charge on any atom is -0.488 e. The highest BCUT2D eigenvalue weighted by molar-refractivity contribution is 6.13. The van der Waals surface area contributed by atoms with Crippen molar-refractivity contribution in [1.82, 2.24) is 14.9 Å². The van der Waals surface area contributed by atoms with Gasteiger partial charge in [-0.05, 0) is 38.0 Å². The summed E-state index contributed by atoms with van der Waals surface area (Å²) in [7, 11) is 1.73. The molecule has 32 heavy (non-hydrogen) atoms. The number of nitrogens with zero attached hydrogens (tertiary/aromatic N) is 5. The summed E-state index contributed by atoms with van der Waals surface area (Å²) in [6, 6.07) is 7.23. The Labute approximate surface area is 188 Å². The molecule has 9 nitrogen and oxygen atoms in total. The maximum Gasteiger partial charge on any atom is 0.132 e. The molecule has 1 aromatic carbocycles. The first kappa shape index (κ1) is 21.9. The van der Waals surface area contributed by atoms with Gasteiger partial charge in [-0.1, -0.05) is 0 Å². The second-order valence-electron chi connectivity index (χ2n) is 8.53. The molecule has 9 heteroatoms. The maximum atomic E-state index is 8.73. The van der Waals surface area contributed by atoms with Crippen molar-refractivity contribution in [3.63, 3.8) is 0 Å². The molecule has 168 valence electrons. The van der Waals surface area contributed by atoms with Crippen LogP contribution in [-0.2, 0) is 0 Å². The third kappa shape index (κ3) is 4.77. The molecule has 2 heterocycles. The van der Waals surface area contributed by atoms with Gasteiger partial charge in [-0.25, -0.2) is 9.97 Å². The molecule has 0 amide bonds. The lowest BCUT2D eigenvalue weighted by Gasteiger charge is -2.37. The van der Waals surface area contributed by atoms with Crippen LogP contribution in [0, 0.1) is 10.8 Å². The Morgan fingerprint density at radius 2 is 1.97 bits per heavy atom. The van der Waals surface area contributed by atoms with Crippen LogP contribution in [0.2, 0.25) is 0 Å². The molecule has 0 radical (unpaired) electrons. The Bertz CT molecular complexity index is 1020. The summed E-state index contributed by atoms with van der Waals surface area (Å²) >= 11 is 0. The van der Waals surface area contributed by atoms with Crippen LogP contribution < -0.4 is 15.4 Å². The molecular formula is C23H30N8O. The highest BCUT2D eigenvalue weighted by Crippen LogP contribution is 2.40. The van der Waals surface area contributed by atoms with Crippen LogP contribution in [0.3, 0.4) is 0 Å². The van der Waals surface area contributed by atoms with E-state index in [2.05, 4.69) is 31.7 Å². The molecule has 0 bridgehead atoms. The van der Waals surface area contributed by atoms with E-state index < -0.39 is 0 Å². The molecule has 2 aliphatic rings. The number of rotatable bonds is 8. The van der Waals surface area contributed by atoms with E-state index in [0.29, 0.717) is 16.9 Å². The van der Waals surface area contributed by atoms with Gasteiger partial charge in [0.1, 0.15) is 23.5 Å². The van der Waals surface area contributed by atoms with Gasteiger partial charge in [-0.15, -0.1) is 0 Å². The first-order chi connectivity index (χ1) is 15.4. The fraction of sp³-hybridized carbons (Fsp3) is 0.435. The third-order valence-electron chi connectivity index (χ3n) is 6.05. The summed E-state index contributed by atoms with van der Waals surface area (Å²) in [6.07, 6.45) is 6.78. The Kier molecular flexibility index (Phi) is 6.18. The molecule has 2 fully saturated rings. The summed E-state index contributed by atoms with van der Waals surface area (Å²) in [6.45, 7) is 5.23. The van der Waals surface area contributed by atoms with E-state index in [4.69, 9.17) is 21.3 Å². The fourth-order valence-electron chi connectivity index (χ4n) is 3.82. The Hall–Kier alpha value is -3.33. The van der Waals surface area contributed by atoms with Crippen LogP contribution >= 0.6 is 0 Å². The molecule has 4 N–H and O–H groups in total. The van der Waals surface area contributed by atoms with Crippen molar-refractivity contribution in [3.8, 4) is 5.75 Å².